The lowest BCUT2D eigenvalue weighted by molar-refractivity contribution is -0.125. The van der Waals surface area contributed by atoms with Crippen LogP contribution in [0.15, 0.2) is 24.3 Å². The van der Waals surface area contributed by atoms with Gasteiger partial charge in [0.05, 0.1) is 6.04 Å². The molecular weight excluding hydrogens is 304 g/mol. The molecule has 2 rings (SSSR count). The van der Waals surface area contributed by atoms with E-state index in [9.17, 15) is 9.59 Å². The molecule has 0 bridgehead atoms. The molecule has 3 amide bonds. The Kier molecular flexibility index (Phi) is 5.76. The number of imide groups is 1. The highest BCUT2D eigenvalue weighted by Gasteiger charge is 2.26. The average molecular weight is 325 g/mol. The zero-order valence-electron chi connectivity index (χ0n) is 12.6. The second kappa shape index (κ2) is 7.58. The summed E-state index contributed by atoms with van der Waals surface area (Å²) in [5.41, 5.74) is 6.19. The number of rotatable bonds is 4. The van der Waals surface area contributed by atoms with E-state index in [4.69, 9.17) is 17.3 Å². The Balaban J connectivity index is 1.81. The number of hydrogen-bond acceptors (Lipinski definition) is 4. The van der Waals surface area contributed by atoms with Gasteiger partial charge in [0, 0.05) is 37.7 Å². The van der Waals surface area contributed by atoms with Gasteiger partial charge in [-0.15, -0.1) is 0 Å². The fourth-order valence-electron chi connectivity index (χ4n) is 2.55. The number of carbonyl (C=O) groups excluding carboxylic acids is 2. The van der Waals surface area contributed by atoms with Crippen molar-refractivity contribution in [3.05, 3.63) is 34.9 Å². The molecule has 6 nitrogen and oxygen atoms in total. The third kappa shape index (κ3) is 4.69. The molecule has 1 fully saturated rings. The van der Waals surface area contributed by atoms with E-state index in [1.165, 1.54) is 5.56 Å². The predicted octanol–water partition coefficient (Wildman–Crippen LogP) is 1.04. The van der Waals surface area contributed by atoms with E-state index in [-0.39, 0.29) is 11.9 Å². The van der Waals surface area contributed by atoms with Crippen LogP contribution in [-0.4, -0.2) is 54.0 Å². The van der Waals surface area contributed by atoms with Gasteiger partial charge in [-0.25, -0.2) is 4.79 Å². The van der Waals surface area contributed by atoms with Crippen LogP contribution in [0.2, 0.25) is 5.02 Å². The summed E-state index contributed by atoms with van der Waals surface area (Å²) >= 11 is 5.88. The summed E-state index contributed by atoms with van der Waals surface area (Å²) in [5, 5.41) is 2.87. The number of nitrogens with two attached hydrogens (primary N) is 1. The van der Waals surface area contributed by atoms with Gasteiger partial charge in [0.25, 0.3) is 0 Å². The molecule has 3 N–H and O–H groups in total. The fourth-order valence-corrected chi connectivity index (χ4v) is 2.67. The number of halogens is 1. The van der Waals surface area contributed by atoms with Crippen molar-refractivity contribution in [2.24, 2.45) is 5.73 Å². The molecule has 1 heterocycles. The van der Waals surface area contributed by atoms with Crippen LogP contribution in [0.4, 0.5) is 4.79 Å². The van der Waals surface area contributed by atoms with Crippen LogP contribution in [-0.2, 0) is 11.3 Å². The first-order valence-electron chi connectivity index (χ1n) is 7.27. The minimum absolute atomic E-state index is 0.348. The van der Waals surface area contributed by atoms with E-state index in [1.807, 2.05) is 24.3 Å². The summed E-state index contributed by atoms with van der Waals surface area (Å²) < 4.78 is 0. The molecule has 1 saturated heterocycles. The second-order valence-corrected chi connectivity index (χ2v) is 5.90. The smallest absolute Gasteiger partial charge is 0.318 e. The van der Waals surface area contributed by atoms with Crippen LogP contribution in [0.3, 0.4) is 0 Å². The van der Waals surface area contributed by atoms with Crippen LogP contribution in [0.5, 0.6) is 0 Å². The number of piperazine rings is 1. The summed E-state index contributed by atoms with van der Waals surface area (Å²) in [6.07, 6.45) is 0. The minimum Gasteiger partial charge on any atom is -0.351 e. The summed E-state index contributed by atoms with van der Waals surface area (Å²) in [4.78, 5) is 26.9. The standard InChI is InChI=1S/C15H21ClN4O2/c1-11(14(21)18-15(17)22)20-8-6-19(7-9-20)10-12-2-4-13(16)5-3-12/h2-5,11H,6-10H2,1H3,(H3,17,18,21,22)/t11-/m1/s1. The number of carbonyl (C=O) groups is 2. The van der Waals surface area contributed by atoms with E-state index < -0.39 is 6.03 Å². The topological polar surface area (TPSA) is 78.7 Å². The number of primary amides is 1. The van der Waals surface area contributed by atoms with Crippen LogP contribution < -0.4 is 11.1 Å². The normalized spacial score (nSPS) is 17.9. The van der Waals surface area contributed by atoms with Crippen molar-refractivity contribution in [1.82, 2.24) is 15.1 Å². The van der Waals surface area contributed by atoms with Crippen molar-refractivity contribution in [3.8, 4) is 0 Å². The first-order valence-corrected chi connectivity index (χ1v) is 7.64. The molecule has 0 saturated carbocycles. The van der Waals surface area contributed by atoms with E-state index in [2.05, 4.69) is 15.1 Å². The van der Waals surface area contributed by atoms with Crippen LogP contribution >= 0.6 is 11.6 Å². The lowest BCUT2D eigenvalue weighted by atomic mass is 10.1. The van der Waals surface area contributed by atoms with E-state index in [0.717, 1.165) is 37.7 Å². The Bertz CT molecular complexity index is 527. The summed E-state index contributed by atoms with van der Waals surface area (Å²) in [6.45, 7) is 5.95. The Labute approximate surface area is 135 Å². The third-order valence-electron chi connectivity index (χ3n) is 3.90. The Hall–Kier alpha value is -1.63. The number of benzene rings is 1. The molecule has 0 spiro atoms. The Morgan fingerprint density at radius 1 is 1.23 bits per heavy atom. The number of amides is 3. The molecule has 1 atom stereocenters. The molecule has 1 aliphatic heterocycles. The highest BCUT2D eigenvalue weighted by atomic mass is 35.5. The highest BCUT2D eigenvalue weighted by Crippen LogP contribution is 2.13. The Morgan fingerprint density at radius 3 is 2.36 bits per heavy atom. The van der Waals surface area contributed by atoms with Crippen molar-refractivity contribution in [3.63, 3.8) is 0 Å². The van der Waals surface area contributed by atoms with Gasteiger partial charge in [0.15, 0.2) is 0 Å². The molecule has 22 heavy (non-hydrogen) atoms. The lowest BCUT2D eigenvalue weighted by Crippen LogP contribution is -2.54. The van der Waals surface area contributed by atoms with Gasteiger partial charge in [0.2, 0.25) is 5.91 Å². The molecule has 1 aromatic carbocycles. The van der Waals surface area contributed by atoms with Gasteiger partial charge in [-0.2, -0.15) is 0 Å². The van der Waals surface area contributed by atoms with Crippen LogP contribution in [0.1, 0.15) is 12.5 Å². The molecule has 7 heteroatoms. The molecule has 0 aliphatic carbocycles. The van der Waals surface area contributed by atoms with Gasteiger partial charge in [0.1, 0.15) is 0 Å². The third-order valence-corrected chi connectivity index (χ3v) is 4.15. The molecule has 0 unspecified atom stereocenters. The van der Waals surface area contributed by atoms with Gasteiger partial charge < -0.3 is 5.73 Å². The zero-order valence-corrected chi connectivity index (χ0v) is 13.3. The lowest BCUT2D eigenvalue weighted by Gasteiger charge is -2.37. The maximum absolute atomic E-state index is 11.8. The van der Waals surface area contributed by atoms with Crippen molar-refractivity contribution >= 4 is 23.5 Å². The maximum Gasteiger partial charge on any atom is 0.318 e. The highest BCUT2D eigenvalue weighted by molar-refractivity contribution is 6.30. The van der Waals surface area contributed by atoms with Gasteiger partial charge >= 0.3 is 6.03 Å². The zero-order chi connectivity index (χ0) is 16.1. The molecule has 0 aromatic heterocycles. The number of nitrogens with one attached hydrogen (secondary N) is 1. The molecule has 1 aromatic rings. The van der Waals surface area contributed by atoms with E-state index in [0.29, 0.717) is 0 Å². The average Bonchev–Trinajstić information content (AvgIpc) is 2.49. The van der Waals surface area contributed by atoms with Crippen LogP contribution in [0, 0.1) is 0 Å². The second-order valence-electron chi connectivity index (χ2n) is 5.47. The number of hydrogen-bond donors (Lipinski definition) is 2. The maximum atomic E-state index is 11.8. The monoisotopic (exact) mass is 324 g/mol. The summed E-state index contributed by atoms with van der Waals surface area (Å²) in [5.74, 6) is -0.348. The van der Waals surface area contributed by atoms with E-state index in [1.54, 1.807) is 6.92 Å². The largest absolute Gasteiger partial charge is 0.351 e. The first kappa shape index (κ1) is 16.7. The van der Waals surface area contributed by atoms with Crippen molar-refractivity contribution in [2.75, 3.05) is 26.2 Å². The van der Waals surface area contributed by atoms with Crippen molar-refractivity contribution in [1.29, 1.82) is 0 Å². The SMILES string of the molecule is C[C@H](C(=O)NC(N)=O)N1CCN(Cc2ccc(Cl)cc2)CC1. The molecular formula is C15H21ClN4O2. The van der Waals surface area contributed by atoms with Crippen LogP contribution in [0.25, 0.3) is 0 Å². The first-order chi connectivity index (χ1) is 10.5. The minimum atomic E-state index is -0.807. The van der Waals surface area contributed by atoms with Gasteiger partial charge in [-0.05, 0) is 24.6 Å². The van der Waals surface area contributed by atoms with Gasteiger partial charge in [-0.1, -0.05) is 23.7 Å². The number of urea groups is 1. The summed E-state index contributed by atoms with van der Waals surface area (Å²) in [7, 11) is 0. The van der Waals surface area contributed by atoms with Crippen molar-refractivity contribution in [2.45, 2.75) is 19.5 Å². The molecule has 1 aliphatic rings. The Morgan fingerprint density at radius 2 is 1.82 bits per heavy atom. The quantitative estimate of drug-likeness (QED) is 0.867. The fraction of sp³-hybridized carbons (Fsp3) is 0.467. The molecule has 0 radical (unpaired) electrons. The van der Waals surface area contributed by atoms with E-state index >= 15 is 0 Å². The number of nitrogens with zero attached hydrogens (tertiary/aromatic N) is 2. The predicted molar refractivity (Wildman–Crippen MR) is 85.5 cm³/mol. The molecule has 120 valence electrons. The summed E-state index contributed by atoms with van der Waals surface area (Å²) in [6, 6.07) is 6.67. The van der Waals surface area contributed by atoms with Crippen molar-refractivity contribution < 1.29 is 9.59 Å². The van der Waals surface area contributed by atoms with Gasteiger partial charge in [-0.3, -0.25) is 19.9 Å².